The Hall–Kier alpha value is -3.46. The molecule has 2 heterocycles. The van der Waals surface area contributed by atoms with Gasteiger partial charge in [-0.15, -0.1) is 0 Å². The summed E-state index contributed by atoms with van der Waals surface area (Å²) in [6.45, 7) is 4.51. The number of amides is 2. The van der Waals surface area contributed by atoms with E-state index in [1.807, 2.05) is 6.92 Å². The zero-order valence-electron chi connectivity index (χ0n) is 17.4. The summed E-state index contributed by atoms with van der Waals surface area (Å²) in [5, 5.41) is 14.2. The quantitative estimate of drug-likeness (QED) is 0.496. The first-order chi connectivity index (χ1) is 15.0. The van der Waals surface area contributed by atoms with Crippen molar-refractivity contribution in [3.8, 4) is 5.69 Å². The molecule has 2 N–H and O–H groups in total. The van der Waals surface area contributed by atoms with E-state index < -0.39 is 5.91 Å². The lowest BCUT2D eigenvalue weighted by atomic mass is 10.2. The molecule has 2 amide bonds. The van der Waals surface area contributed by atoms with Crippen molar-refractivity contribution in [2.75, 3.05) is 11.9 Å². The van der Waals surface area contributed by atoms with Gasteiger partial charge in [0.05, 0.1) is 17.9 Å². The molecule has 0 atom stereocenters. The number of unbranched alkanes of at least 4 members (excludes halogenated alkanes) is 1. The second-order valence-electron chi connectivity index (χ2n) is 6.85. The molecule has 3 rings (SSSR count). The highest BCUT2D eigenvalue weighted by atomic mass is 35.5. The van der Waals surface area contributed by atoms with Crippen molar-refractivity contribution in [1.82, 2.24) is 29.9 Å². The molecule has 0 aliphatic carbocycles. The Morgan fingerprint density at radius 3 is 2.68 bits per heavy atom. The standard InChI is InChI=1S/C21H24ClN7O2/c1-3-4-11-28-21(22)18(15(2)27-28)9-10-19(30)24-12-20(31)26-16-5-7-17(8-6-16)29-14-23-13-25-29/h5-10,13-14H,3-4,11-12H2,1-2H3,(H,24,30)(H,26,31)/b10-9+. The molecule has 0 radical (unpaired) electrons. The summed E-state index contributed by atoms with van der Waals surface area (Å²) in [6, 6.07) is 7.10. The van der Waals surface area contributed by atoms with Crippen LogP contribution in [0.3, 0.4) is 0 Å². The van der Waals surface area contributed by atoms with Crippen LogP contribution < -0.4 is 10.6 Å². The number of halogens is 1. The predicted octanol–water partition coefficient (Wildman–Crippen LogP) is 2.99. The summed E-state index contributed by atoms with van der Waals surface area (Å²) in [5.74, 6) is -0.731. The van der Waals surface area contributed by atoms with Gasteiger partial charge in [0.2, 0.25) is 11.8 Å². The maximum atomic E-state index is 12.1. The van der Waals surface area contributed by atoms with Gasteiger partial charge in [0, 0.05) is 23.9 Å². The summed E-state index contributed by atoms with van der Waals surface area (Å²) in [7, 11) is 0. The minimum Gasteiger partial charge on any atom is -0.343 e. The van der Waals surface area contributed by atoms with Gasteiger partial charge >= 0.3 is 0 Å². The second-order valence-corrected chi connectivity index (χ2v) is 7.21. The molecule has 0 unspecified atom stereocenters. The predicted molar refractivity (Wildman–Crippen MR) is 119 cm³/mol. The number of rotatable bonds is 9. The van der Waals surface area contributed by atoms with Gasteiger partial charge in [0.15, 0.2) is 0 Å². The first-order valence-electron chi connectivity index (χ1n) is 9.91. The summed E-state index contributed by atoms with van der Waals surface area (Å²) in [6.07, 6.45) is 8.01. The molecule has 0 saturated heterocycles. The second kappa shape index (κ2) is 10.5. The molecule has 1 aromatic carbocycles. The molecule has 10 heteroatoms. The fourth-order valence-corrected chi connectivity index (χ4v) is 3.16. The molecule has 0 aliphatic rings. The fraction of sp³-hybridized carbons (Fsp3) is 0.286. The molecule has 2 aromatic heterocycles. The van der Waals surface area contributed by atoms with Gasteiger partial charge in [-0.3, -0.25) is 14.3 Å². The highest BCUT2D eigenvalue weighted by Gasteiger charge is 2.11. The number of nitrogens with zero attached hydrogens (tertiary/aromatic N) is 5. The van der Waals surface area contributed by atoms with E-state index in [2.05, 4.69) is 32.7 Å². The summed E-state index contributed by atoms with van der Waals surface area (Å²) >= 11 is 6.35. The molecule has 9 nitrogen and oxygen atoms in total. The van der Waals surface area contributed by atoms with Gasteiger partial charge in [0.1, 0.15) is 17.8 Å². The average molecular weight is 442 g/mol. The van der Waals surface area contributed by atoms with Crippen molar-refractivity contribution in [2.45, 2.75) is 33.2 Å². The van der Waals surface area contributed by atoms with Crippen LogP contribution in [0.25, 0.3) is 11.8 Å². The molecular formula is C21H24ClN7O2. The molecular weight excluding hydrogens is 418 g/mol. The fourth-order valence-electron chi connectivity index (χ4n) is 2.84. The Balaban J connectivity index is 1.49. The van der Waals surface area contributed by atoms with Crippen LogP contribution in [0.4, 0.5) is 5.69 Å². The lowest BCUT2D eigenvalue weighted by Crippen LogP contribution is -2.31. The minimum atomic E-state index is -0.395. The maximum absolute atomic E-state index is 12.1. The van der Waals surface area contributed by atoms with E-state index in [1.54, 1.807) is 46.0 Å². The number of aromatic nitrogens is 5. The van der Waals surface area contributed by atoms with Crippen LogP contribution in [0.15, 0.2) is 43.0 Å². The Bertz CT molecular complexity index is 1060. The molecule has 0 saturated carbocycles. The highest BCUT2D eigenvalue weighted by Crippen LogP contribution is 2.21. The van der Waals surface area contributed by atoms with Crippen LogP contribution in [0, 0.1) is 6.92 Å². The van der Waals surface area contributed by atoms with E-state index in [0.29, 0.717) is 16.4 Å². The van der Waals surface area contributed by atoms with Crippen molar-refractivity contribution in [3.63, 3.8) is 0 Å². The smallest absolute Gasteiger partial charge is 0.244 e. The Morgan fingerprint density at radius 2 is 2.00 bits per heavy atom. The number of hydrogen-bond acceptors (Lipinski definition) is 5. The number of benzene rings is 1. The normalized spacial score (nSPS) is 11.1. The van der Waals surface area contributed by atoms with E-state index in [0.717, 1.165) is 30.8 Å². The molecule has 0 bridgehead atoms. The van der Waals surface area contributed by atoms with Crippen LogP contribution in [-0.2, 0) is 16.1 Å². The van der Waals surface area contributed by atoms with E-state index in [4.69, 9.17) is 11.6 Å². The Kier molecular flexibility index (Phi) is 7.55. The number of aryl methyl sites for hydroxylation is 2. The first kappa shape index (κ1) is 22.2. The third-order valence-corrected chi connectivity index (χ3v) is 4.89. The molecule has 31 heavy (non-hydrogen) atoms. The van der Waals surface area contributed by atoms with Gasteiger partial charge < -0.3 is 10.6 Å². The average Bonchev–Trinajstić information content (AvgIpc) is 3.38. The maximum Gasteiger partial charge on any atom is 0.244 e. The summed E-state index contributed by atoms with van der Waals surface area (Å²) < 4.78 is 3.35. The van der Waals surface area contributed by atoms with E-state index in [9.17, 15) is 9.59 Å². The van der Waals surface area contributed by atoms with Crippen molar-refractivity contribution in [3.05, 3.63) is 59.4 Å². The van der Waals surface area contributed by atoms with Gasteiger partial charge in [-0.2, -0.15) is 10.2 Å². The van der Waals surface area contributed by atoms with Crippen LogP contribution in [0.1, 0.15) is 31.0 Å². The van der Waals surface area contributed by atoms with Crippen LogP contribution >= 0.6 is 11.6 Å². The number of carbonyl (C=O) groups is 2. The zero-order chi connectivity index (χ0) is 22.2. The van der Waals surface area contributed by atoms with Gasteiger partial charge in [-0.1, -0.05) is 24.9 Å². The lowest BCUT2D eigenvalue weighted by molar-refractivity contribution is -0.121. The Labute approximate surface area is 185 Å². The minimum absolute atomic E-state index is 0.156. The first-order valence-corrected chi connectivity index (χ1v) is 10.3. The van der Waals surface area contributed by atoms with Crippen molar-refractivity contribution in [1.29, 1.82) is 0 Å². The summed E-state index contributed by atoms with van der Waals surface area (Å²) in [4.78, 5) is 28.1. The monoisotopic (exact) mass is 441 g/mol. The number of nitrogens with one attached hydrogen (secondary N) is 2. The van der Waals surface area contributed by atoms with Crippen molar-refractivity contribution < 1.29 is 9.59 Å². The lowest BCUT2D eigenvalue weighted by Gasteiger charge is -2.07. The van der Waals surface area contributed by atoms with E-state index in [-0.39, 0.29) is 12.5 Å². The molecule has 162 valence electrons. The molecule has 3 aromatic rings. The van der Waals surface area contributed by atoms with E-state index in [1.165, 1.54) is 12.4 Å². The number of anilines is 1. The van der Waals surface area contributed by atoms with Crippen LogP contribution in [0.5, 0.6) is 0 Å². The number of hydrogen-bond donors (Lipinski definition) is 2. The largest absolute Gasteiger partial charge is 0.343 e. The molecule has 0 aliphatic heterocycles. The molecule has 0 fully saturated rings. The third kappa shape index (κ3) is 6.02. The van der Waals surface area contributed by atoms with Gasteiger partial charge in [-0.05, 0) is 43.7 Å². The highest BCUT2D eigenvalue weighted by molar-refractivity contribution is 6.31. The van der Waals surface area contributed by atoms with E-state index >= 15 is 0 Å². The zero-order valence-corrected chi connectivity index (χ0v) is 18.1. The summed E-state index contributed by atoms with van der Waals surface area (Å²) in [5.41, 5.74) is 2.88. The van der Waals surface area contributed by atoms with Crippen LogP contribution in [0.2, 0.25) is 5.15 Å². The van der Waals surface area contributed by atoms with Gasteiger partial charge in [0.25, 0.3) is 0 Å². The van der Waals surface area contributed by atoms with Crippen LogP contribution in [-0.4, -0.2) is 42.9 Å². The Morgan fingerprint density at radius 1 is 1.23 bits per heavy atom. The van der Waals surface area contributed by atoms with Crippen molar-refractivity contribution >= 4 is 35.2 Å². The van der Waals surface area contributed by atoms with Crippen molar-refractivity contribution in [2.24, 2.45) is 0 Å². The molecule has 0 spiro atoms. The van der Waals surface area contributed by atoms with Gasteiger partial charge in [-0.25, -0.2) is 9.67 Å². The third-order valence-electron chi connectivity index (χ3n) is 4.49. The topological polar surface area (TPSA) is 107 Å². The SMILES string of the molecule is CCCCn1nc(C)c(/C=C/C(=O)NCC(=O)Nc2ccc(-n3cncn3)cc2)c1Cl. The number of carbonyl (C=O) groups excluding carboxylic acids is 2.